The van der Waals surface area contributed by atoms with E-state index < -0.39 is 4.92 Å². The largest absolute Gasteiger partial charge is 0.356 e. The molecule has 0 bridgehead atoms. The zero-order valence-electron chi connectivity index (χ0n) is 12.2. The molecule has 1 rings (SSSR count). The molecule has 116 valence electrons. The zero-order chi connectivity index (χ0) is 15.8. The number of benzene rings is 1. The van der Waals surface area contributed by atoms with Crippen LogP contribution in [0.15, 0.2) is 18.2 Å². The molecule has 0 unspecified atom stereocenters. The van der Waals surface area contributed by atoms with E-state index >= 15 is 0 Å². The number of nitrogens with zero attached hydrogens (tertiary/aromatic N) is 1. The van der Waals surface area contributed by atoms with Crippen LogP contribution in [0.1, 0.15) is 25.8 Å². The maximum atomic E-state index is 11.5. The second-order valence-electron chi connectivity index (χ2n) is 5.17. The molecule has 0 spiro atoms. The molecule has 0 aliphatic rings. The van der Waals surface area contributed by atoms with Crippen molar-refractivity contribution in [1.82, 2.24) is 10.6 Å². The van der Waals surface area contributed by atoms with Gasteiger partial charge in [-0.1, -0.05) is 31.5 Å². The fourth-order valence-electron chi connectivity index (χ4n) is 1.65. The predicted molar refractivity (Wildman–Crippen MR) is 82.3 cm³/mol. The number of nitro benzene ring substituents is 1. The lowest BCUT2D eigenvalue weighted by molar-refractivity contribution is -0.384. The van der Waals surface area contributed by atoms with Crippen LogP contribution in [0.5, 0.6) is 0 Å². The first-order valence-electron chi connectivity index (χ1n) is 6.80. The third-order valence-corrected chi connectivity index (χ3v) is 3.09. The Bertz CT molecular complexity index is 506. The minimum atomic E-state index is -0.509. The number of rotatable bonds is 8. The van der Waals surface area contributed by atoms with E-state index in [0.717, 1.165) is 5.56 Å². The summed E-state index contributed by atoms with van der Waals surface area (Å²) in [6.07, 6.45) is 0.377. The van der Waals surface area contributed by atoms with Gasteiger partial charge in [-0.2, -0.15) is 0 Å². The lowest BCUT2D eigenvalue weighted by Crippen LogP contribution is -2.30. The summed E-state index contributed by atoms with van der Waals surface area (Å²) in [6, 6.07) is 4.67. The van der Waals surface area contributed by atoms with Gasteiger partial charge < -0.3 is 10.6 Å². The number of carbonyl (C=O) groups is 1. The molecule has 2 N–H and O–H groups in total. The molecular weight excluding hydrogens is 294 g/mol. The third kappa shape index (κ3) is 6.55. The number of amides is 1. The summed E-state index contributed by atoms with van der Waals surface area (Å²) in [5.41, 5.74) is 0.652. The molecule has 1 aromatic rings. The molecule has 0 aliphatic heterocycles. The van der Waals surface area contributed by atoms with Gasteiger partial charge in [-0.15, -0.1) is 0 Å². The first kappa shape index (κ1) is 17.4. The van der Waals surface area contributed by atoms with Gasteiger partial charge in [0, 0.05) is 32.1 Å². The number of nitro groups is 1. The van der Waals surface area contributed by atoms with E-state index in [0.29, 0.717) is 32.0 Å². The summed E-state index contributed by atoms with van der Waals surface area (Å²) in [7, 11) is 0. The van der Waals surface area contributed by atoms with Gasteiger partial charge in [-0.3, -0.25) is 14.9 Å². The van der Waals surface area contributed by atoms with Crippen LogP contribution in [0.25, 0.3) is 0 Å². The predicted octanol–water partition coefficient (Wildman–Crippen LogP) is 2.50. The maximum Gasteiger partial charge on any atom is 0.288 e. The normalized spacial score (nSPS) is 10.7. The fraction of sp³-hybridized carbons (Fsp3) is 0.500. The van der Waals surface area contributed by atoms with E-state index in [-0.39, 0.29) is 16.6 Å². The molecule has 21 heavy (non-hydrogen) atoms. The molecule has 0 radical (unpaired) electrons. The van der Waals surface area contributed by atoms with Crippen molar-refractivity contribution in [1.29, 1.82) is 0 Å². The van der Waals surface area contributed by atoms with Crippen LogP contribution in [0.4, 0.5) is 5.69 Å². The van der Waals surface area contributed by atoms with Gasteiger partial charge in [0.2, 0.25) is 5.91 Å². The highest BCUT2D eigenvalue weighted by molar-refractivity contribution is 6.32. The standard InChI is InChI=1S/C14H20ClN3O3/c1-10(2)8-17-14(19)5-6-16-9-11-3-4-12(15)13(7-11)18(20)21/h3-4,7,10,16H,5-6,8-9H2,1-2H3,(H,17,19). The number of halogens is 1. The van der Waals surface area contributed by atoms with E-state index in [1.54, 1.807) is 6.07 Å². The Morgan fingerprint density at radius 3 is 2.76 bits per heavy atom. The van der Waals surface area contributed by atoms with Gasteiger partial charge in [0.1, 0.15) is 5.02 Å². The monoisotopic (exact) mass is 313 g/mol. The summed E-state index contributed by atoms with van der Waals surface area (Å²) in [4.78, 5) is 21.7. The highest BCUT2D eigenvalue weighted by Crippen LogP contribution is 2.24. The second kappa shape index (κ2) is 8.59. The van der Waals surface area contributed by atoms with Gasteiger partial charge in [0.05, 0.1) is 4.92 Å². The molecule has 0 aromatic heterocycles. The van der Waals surface area contributed by atoms with Crippen LogP contribution in [-0.4, -0.2) is 23.9 Å². The van der Waals surface area contributed by atoms with Crippen LogP contribution in [-0.2, 0) is 11.3 Å². The summed E-state index contributed by atoms with van der Waals surface area (Å²) in [5, 5.41) is 16.8. The Morgan fingerprint density at radius 2 is 2.14 bits per heavy atom. The minimum absolute atomic E-state index is 0.00159. The van der Waals surface area contributed by atoms with Crippen LogP contribution in [0, 0.1) is 16.0 Å². The summed E-state index contributed by atoms with van der Waals surface area (Å²) in [5.74, 6) is 0.426. The fourth-order valence-corrected chi connectivity index (χ4v) is 1.84. The first-order chi connectivity index (χ1) is 9.90. The van der Waals surface area contributed by atoms with Crippen LogP contribution >= 0.6 is 11.6 Å². The van der Waals surface area contributed by atoms with Crippen molar-refractivity contribution in [3.05, 3.63) is 38.9 Å². The topological polar surface area (TPSA) is 84.3 Å². The summed E-state index contributed by atoms with van der Waals surface area (Å²) in [6.45, 7) is 5.70. The van der Waals surface area contributed by atoms with Crippen molar-refractivity contribution in [2.24, 2.45) is 5.92 Å². The summed E-state index contributed by atoms with van der Waals surface area (Å²) >= 11 is 5.74. The Morgan fingerprint density at radius 1 is 1.43 bits per heavy atom. The first-order valence-corrected chi connectivity index (χ1v) is 7.18. The van der Waals surface area contributed by atoms with Gasteiger partial charge in [-0.25, -0.2) is 0 Å². The van der Waals surface area contributed by atoms with Gasteiger partial charge in [0.25, 0.3) is 5.69 Å². The average molecular weight is 314 g/mol. The molecule has 0 aliphatic carbocycles. The van der Waals surface area contributed by atoms with Crippen molar-refractivity contribution in [2.45, 2.75) is 26.8 Å². The minimum Gasteiger partial charge on any atom is -0.356 e. The van der Waals surface area contributed by atoms with Crippen LogP contribution in [0.3, 0.4) is 0 Å². The van der Waals surface area contributed by atoms with Gasteiger partial charge in [-0.05, 0) is 17.5 Å². The Labute approximate surface area is 129 Å². The van der Waals surface area contributed by atoms with E-state index in [2.05, 4.69) is 10.6 Å². The van der Waals surface area contributed by atoms with E-state index in [1.807, 2.05) is 13.8 Å². The average Bonchev–Trinajstić information content (AvgIpc) is 2.42. The summed E-state index contributed by atoms with van der Waals surface area (Å²) < 4.78 is 0. The lowest BCUT2D eigenvalue weighted by atomic mass is 10.2. The Hall–Kier alpha value is -1.66. The molecule has 1 amide bonds. The highest BCUT2D eigenvalue weighted by atomic mass is 35.5. The lowest BCUT2D eigenvalue weighted by Gasteiger charge is -2.08. The van der Waals surface area contributed by atoms with Crippen molar-refractivity contribution in [3.63, 3.8) is 0 Å². The van der Waals surface area contributed by atoms with E-state index in [1.165, 1.54) is 12.1 Å². The number of nitrogens with one attached hydrogen (secondary N) is 2. The van der Waals surface area contributed by atoms with Gasteiger partial charge >= 0.3 is 0 Å². The molecule has 0 saturated carbocycles. The van der Waals surface area contributed by atoms with Gasteiger partial charge in [0.15, 0.2) is 0 Å². The zero-order valence-corrected chi connectivity index (χ0v) is 12.9. The number of hydrogen-bond acceptors (Lipinski definition) is 4. The van der Waals surface area contributed by atoms with Crippen molar-refractivity contribution in [3.8, 4) is 0 Å². The Balaban J connectivity index is 2.34. The molecule has 0 heterocycles. The Kier molecular flexibility index (Phi) is 7.11. The molecule has 0 atom stereocenters. The van der Waals surface area contributed by atoms with Crippen molar-refractivity contribution >= 4 is 23.2 Å². The smallest absolute Gasteiger partial charge is 0.288 e. The molecule has 1 aromatic carbocycles. The molecule has 0 saturated heterocycles. The third-order valence-electron chi connectivity index (χ3n) is 2.77. The van der Waals surface area contributed by atoms with Crippen LogP contribution in [0.2, 0.25) is 5.02 Å². The number of hydrogen-bond donors (Lipinski definition) is 2. The van der Waals surface area contributed by atoms with Crippen molar-refractivity contribution in [2.75, 3.05) is 13.1 Å². The van der Waals surface area contributed by atoms with Crippen molar-refractivity contribution < 1.29 is 9.72 Å². The highest BCUT2D eigenvalue weighted by Gasteiger charge is 2.12. The molecule has 6 nitrogen and oxygen atoms in total. The number of carbonyl (C=O) groups excluding carboxylic acids is 1. The van der Waals surface area contributed by atoms with Crippen LogP contribution < -0.4 is 10.6 Å². The molecular formula is C14H20ClN3O3. The SMILES string of the molecule is CC(C)CNC(=O)CCNCc1ccc(Cl)c([N+](=O)[O-])c1. The van der Waals surface area contributed by atoms with E-state index in [4.69, 9.17) is 11.6 Å². The molecule has 0 fully saturated rings. The quantitative estimate of drug-likeness (QED) is 0.439. The second-order valence-corrected chi connectivity index (χ2v) is 5.57. The van der Waals surface area contributed by atoms with E-state index in [9.17, 15) is 14.9 Å². The maximum absolute atomic E-state index is 11.5. The molecule has 7 heteroatoms.